The van der Waals surface area contributed by atoms with E-state index in [-0.39, 0.29) is 23.1 Å². The van der Waals surface area contributed by atoms with E-state index in [1.807, 2.05) is 6.92 Å². The molecule has 1 aromatic carbocycles. The number of rotatable bonds is 7. The van der Waals surface area contributed by atoms with Crippen molar-refractivity contribution in [2.45, 2.75) is 23.9 Å². The molecule has 9 nitrogen and oxygen atoms in total. The SMILES string of the molecule is COC(=O)c1ccc2c(=O)n(Cc3ccco3)c(SC(C)c3ccc(C(=O)OC)o3)nc2c1. The molecular formula is C23H20N2O7S. The zero-order valence-corrected chi connectivity index (χ0v) is 18.9. The van der Waals surface area contributed by atoms with Crippen molar-refractivity contribution in [3.8, 4) is 0 Å². The molecule has 33 heavy (non-hydrogen) atoms. The van der Waals surface area contributed by atoms with Gasteiger partial charge in [-0.15, -0.1) is 0 Å². The van der Waals surface area contributed by atoms with Crippen LogP contribution in [0.25, 0.3) is 10.9 Å². The molecule has 4 rings (SSSR count). The highest BCUT2D eigenvalue weighted by molar-refractivity contribution is 7.99. The zero-order chi connectivity index (χ0) is 23.5. The van der Waals surface area contributed by atoms with Crippen molar-refractivity contribution in [1.29, 1.82) is 0 Å². The van der Waals surface area contributed by atoms with E-state index in [1.54, 1.807) is 24.3 Å². The lowest BCUT2D eigenvalue weighted by Crippen LogP contribution is -2.24. The van der Waals surface area contributed by atoms with Gasteiger partial charge in [-0.2, -0.15) is 0 Å². The minimum absolute atomic E-state index is 0.0853. The van der Waals surface area contributed by atoms with Crippen LogP contribution in [-0.4, -0.2) is 35.7 Å². The molecule has 0 N–H and O–H groups in total. The molecule has 3 aromatic heterocycles. The lowest BCUT2D eigenvalue weighted by molar-refractivity contribution is 0.0561. The van der Waals surface area contributed by atoms with Crippen LogP contribution in [-0.2, 0) is 16.0 Å². The number of furan rings is 2. The number of esters is 2. The Bertz CT molecular complexity index is 1370. The molecule has 4 aromatic rings. The first-order valence-electron chi connectivity index (χ1n) is 9.91. The second kappa shape index (κ2) is 9.37. The normalized spacial score (nSPS) is 12.0. The molecule has 0 radical (unpaired) electrons. The molecular weight excluding hydrogens is 448 g/mol. The van der Waals surface area contributed by atoms with Gasteiger partial charge in [0.2, 0.25) is 5.76 Å². The summed E-state index contributed by atoms with van der Waals surface area (Å²) in [6.07, 6.45) is 1.53. The van der Waals surface area contributed by atoms with Crippen LogP contribution in [0.5, 0.6) is 0 Å². The number of thioether (sulfide) groups is 1. The summed E-state index contributed by atoms with van der Waals surface area (Å²) in [4.78, 5) is 41.7. The van der Waals surface area contributed by atoms with Gasteiger partial charge in [-0.3, -0.25) is 9.36 Å². The third-order valence-corrected chi connectivity index (χ3v) is 6.04. The van der Waals surface area contributed by atoms with Crippen LogP contribution in [0.3, 0.4) is 0 Å². The van der Waals surface area contributed by atoms with E-state index in [9.17, 15) is 14.4 Å². The summed E-state index contributed by atoms with van der Waals surface area (Å²) < 4.78 is 22.0. The summed E-state index contributed by atoms with van der Waals surface area (Å²) in [5.74, 6) is 0.0916. The number of nitrogens with zero attached hydrogens (tertiary/aromatic N) is 2. The fourth-order valence-corrected chi connectivity index (χ4v) is 4.22. The molecule has 0 aliphatic heterocycles. The maximum Gasteiger partial charge on any atom is 0.373 e. The molecule has 0 fully saturated rings. The van der Waals surface area contributed by atoms with Crippen LogP contribution in [0.4, 0.5) is 0 Å². The van der Waals surface area contributed by atoms with Crippen molar-refractivity contribution < 1.29 is 27.9 Å². The first kappa shape index (κ1) is 22.4. The molecule has 0 saturated heterocycles. The Morgan fingerprint density at radius 1 is 1.12 bits per heavy atom. The summed E-state index contributed by atoms with van der Waals surface area (Å²) in [6.45, 7) is 2.04. The minimum atomic E-state index is -0.577. The largest absolute Gasteiger partial charge is 0.467 e. The smallest absolute Gasteiger partial charge is 0.373 e. The Balaban J connectivity index is 1.77. The van der Waals surface area contributed by atoms with Crippen LogP contribution in [0.15, 0.2) is 67.5 Å². The number of benzene rings is 1. The van der Waals surface area contributed by atoms with E-state index in [1.165, 1.54) is 55.0 Å². The molecule has 1 atom stereocenters. The monoisotopic (exact) mass is 468 g/mol. The third-order valence-electron chi connectivity index (χ3n) is 4.93. The van der Waals surface area contributed by atoms with E-state index in [0.717, 1.165) is 0 Å². The fraction of sp³-hybridized carbons (Fsp3) is 0.217. The van der Waals surface area contributed by atoms with E-state index >= 15 is 0 Å². The molecule has 1 unspecified atom stereocenters. The second-order valence-corrected chi connectivity index (χ2v) is 8.35. The highest BCUT2D eigenvalue weighted by Gasteiger charge is 2.21. The zero-order valence-electron chi connectivity index (χ0n) is 18.1. The van der Waals surface area contributed by atoms with Crippen LogP contribution >= 0.6 is 11.8 Å². The molecule has 10 heteroatoms. The molecule has 0 spiro atoms. The van der Waals surface area contributed by atoms with E-state index in [0.29, 0.717) is 33.1 Å². The van der Waals surface area contributed by atoms with Crippen LogP contribution in [0.2, 0.25) is 0 Å². The number of carbonyl (C=O) groups is 2. The molecule has 0 bridgehead atoms. The third kappa shape index (κ3) is 4.56. The Labute approximate surface area is 192 Å². The lowest BCUT2D eigenvalue weighted by atomic mass is 10.1. The minimum Gasteiger partial charge on any atom is -0.467 e. The molecule has 170 valence electrons. The van der Waals surface area contributed by atoms with Gasteiger partial charge in [-0.25, -0.2) is 14.6 Å². The van der Waals surface area contributed by atoms with Gasteiger partial charge in [0, 0.05) is 0 Å². The van der Waals surface area contributed by atoms with Gasteiger partial charge in [0.15, 0.2) is 5.16 Å². The molecule has 0 saturated carbocycles. The number of hydrogen-bond acceptors (Lipinski definition) is 9. The number of aromatic nitrogens is 2. The Hall–Kier alpha value is -3.79. The summed E-state index contributed by atoms with van der Waals surface area (Å²) >= 11 is 1.27. The van der Waals surface area contributed by atoms with E-state index in [2.05, 4.69) is 9.72 Å². The van der Waals surface area contributed by atoms with Gasteiger partial charge >= 0.3 is 11.9 Å². The number of carbonyl (C=O) groups excluding carboxylic acids is 2. The van der Waals surface area contributed by atoms with Crippen molar-refractivity contribution >= 4 is 34.6 Å². The standard InChI is InChI=1S/C23H20N2O7S/c1-13(18-8-9-19(32-18)22(28)30-3)33-23-24-17-11-14(21(27)29-2)6-7-16(17)20(26)25(23)12-15-5-4-10-31-15/h4-11,13H,12H2,1-3H3. The molecule has 0 amide bonds. The summed E-state index contributed by atoms with van der Waals surface area (Å²) in [7, 11) is 2.56. The van der Waals surface area contributed by atoms with Crippen LogP contribution < -0.4 is 5.56 Å². The van der Waals surface area contributed by atoms with E-state index in [4.69, 9.17) is 13.6 Å². The van der Waals surface area contributed by atoms with Gasteiger partial charge in [-0.05, 0) is 49.4 Å². The van der Waals surface area contributed by atoms with Crippen molar-refractivity contribution in [2.75, 3.05) is 14.2 Å². The van der Waals surface area contributed by atoms with Crippen LogP contribution in [0.1, 0.15) is 44.6 Å². The van der Waals surface area contributed by atoms with Crippen LogP contribution in [0, 0.1) is 0 Å². The van der Waals surface area contributed by atoms with Crippen molar-refractivity contribution in [3.63, 3.8) is 0 Å². The predicted molar refractivity (Wildman–Crippen MR) is 119 cm³/mol. The van der Waals surface area contributed by atoms with Crippen molar-refractivity contribution in [1.82, 2.24) is 9.55 Å². The highest BCUT2D eigenvalue weighted by atomic mass is 32.2. The average Bonchev–Trinajstić information content (AvgIpc) is 3.52. The second-order valence-electron chi connectivity index (χ2n) is 7.04. The Morgan fingerprint density at radius 3 is 2.61 bits per heavy atom. The number of ether oxygens (including phenoxy) is 2. The van der Waals surface area contributed by atoms with Gasteiger partial charge in [0.05, 0.1) is 48.7 Å². The molecule has 0 aliphatic rings. The highest BCUT2D eigenvalue weighted by Crippen LogP contribution is 2.35. The predicted octanol–water partition coefficient (Wildman–Crippen LogP) is 4.06. The lowest BCUT2D eigenvalue weighted by Gasteiger charge is -2.15. The first-order valence-corrected chi connectivity index (χ1v) is 10.8. The topological polar surface area (TPSA) is 114 Å². The van der Waals surface area contributed by atoms with E-state index < -0.39 is 11.9 Å². The average molecular weight is 468 g/mol. The number of methoxy groups -OCH3 is 2. The fourth-order valence-electron chi connectivity index (χ4n) is 3.23. The Morgan fingerprint density at radius 2 is 1.91 bits per heavy atom. The summed E-state index contributed by atoms with van der Waals surface area (Å²) in [6, 6.07) is 11.3. The maximum absolute atomic E-state index is 13.3. The van der Waals surface area contributed by atoms with Crippen molar-refractivity contribution in [3.05, 3.63) is 81.9 Å². The molecule has 0 aliphatic carbocycles. The quantitative estimate of drug-likeness (QED) is 0.225. The summed E-state index contributed by atoms with van der Waals surface area (Å²) in [5.41, 5.74) is 0.374. The van der Waals surface area contributed by atoms with Gasteiger partial charge in [-0.1, -0.05) is 11.8 Å². The van der Waals surface area contributed by atoms with Gasteiger partial charge in [0.1, 0.15) is 11.5 Å². The van der Waals surface area contributed by atoms with Gasteiger partial charge < -0.3 is 18.3 Å². The van der Waals surface area contributed by atoms with Crippen molar-refractivity contribution in [2.24, 2.45) is 0 Å². The maximum atomic E-state index is 13.3. The number of fused-ring (bicyclic) bond motifs is 1. The molecule has 3 heterocycles. The number of hydrogen-bond donors (Lipinski definition) is 0. The first-order chi connectivity index (χ1) is 15.9. The Kier molecular flexibility index (Phi) is 6.36. The van der Waals surface area contributed by atoms with Gasteiger partial charge in [0.25, 0.3) is 5.56 Å². The summed E-state index contributed by atoms with van der Waals surface area (Å²) in [5, 5.41) is 0.464.